The van der Waals surface area contributed by atoms with Gasteiger partial charge in [-0.05, 0) is 98.8 Å². The number of aromatic nitrogens is 5. The molecule has 12 rings (SSSR count). The lowest BCUT2D eigenvalue weighted by atomic mass is 9.95. The van der Waals surface area contributed by atoms with Gasteiger partial charge in [0, 0.05) is 90.9 Å². The zero-order valence-electron chi connectivity index (χ0n) is 47.8. The quantitative estimate of drug-likeness (QED) is 0.0366. The van der Waals surface area contributed by atoms with Gasteiger partial charge in [-0.1, -0.05) is 29.7 Å². The van der Waals surface area contributed by atoms with Crippen molar-refractivity contribution in [1.29, 1.82) is 0 Å². The van der Waals surface area contributed by atoms with Gasteiger partial charge in [0.15, 0.2) is 16.5 Å². The van der Waals surface area contributed by atoms with Gasteiger partial charge in [0.1, 0.15) is 68.5 Å². The number of anilines is 4. The number of H-pyrrole nitrogens is 1. The van der Waals surface area contributed by atoms with E-state index in [0.29, 0.717) is 66.3 Å². The lowest BCUT2D eigenvalue weighted by Gasteiger charge is -2.29. The molecule has 462 valence electrons. The number of pyridine rings is 5. The summed E-state index contributed by atoms with van der Waals surface area (Å²) >= 11 is 9.61. The average Bonchev–Trinajstić information content (AvgIpc) is 1.65. The first-order valence-corrected chi connectivity index (χ1v) is 28.3. The second kappa shape index (κ2) is 29.5. The number of hydrogen-bond donors (Lipinski definition) is 9. The molecule has 8 aromatic rings. The lowest BCUT2D eigenvalue weighted by Crippen LogP contribution is -2.54. The van der Waals surface area contributed by atoms with Gasteiger partial charge in [-0.25, -0.2) is 29.5 Å². The number of rotatable bonds is 10. The van der Waals surface area contributed by atoms with Crippen LogP contribution >= 0.6 is 56.8 Å². The number of nitrogen functional groups attached to an aromatic ring is 4. The van der Waals surface area contributed by atoms with Crippen molar-refractivity contribution >= 4 is 127 Å². The van der Waals surface area contributed by atoms with E-state index in [1.165, 1.54) is 42.3 Å². The molecule has 0 saturated carbocycles. The maximum atomic E-state index is 13.0. The van der Waals surface area contributed by atoms with Crippen LogP contribution in [-0.4, -0.2) is 125 Å². The summed E-state index contributed by atoms with van der Waals surface area (Å²) in [5.74, 6) is 5.75. The van der Waals surface area contributed by atoms with Gasteiger partial charge in [0.2, 0.25) is 0 Å². The summed E-state index contributed by atoms with van der Waals surface area (Å²) in [5.41, 5.74) is 21.6. The number of benzene rings is 2. The first kappa shape index (κ1) is 66.4. The molecular formula is C58H56ClI2N15O13. The number of nitrogens with zero attached hydrogens (tertiary/aromatic N) is 6. The van der Waals surface area contributed by atoms with E-state index in [9.17, 15) is 33.6 Å². The van der Waals surface area contributed by atoms with Crippen LogP contribution in [-0.2, 0) is 28.2 Å². The number of carbonyl (C=O) groups is 6. The highest BCUT2D eigenvalue weighted by atomic mass is 127. The van der Waals surface area contributed by atoms with Gasteiger partial charge >= 0.3 is 12.1 Å². The molecule has 0 bridgehead atoms. The van der Waals surface area contributed by atoms with E-state index in [1.54, 1.807) is 113 Å². The molecule has 2 saturated heterocycles. The number of nitrogens with one attached hydrogen (secondary N) is 5. The summed E-state index contributed by atoms with van der Waals surface area (Å²) < 4.78 is 32.5. The number of aromatic amines is 1. The largest absolute Gasteiger partial charge is 0.497 e. The predicted molar refractivity (Wildman–Crippen MR) is 344 cm³/mol. The van der Waals surface area contributed by atoms with Crippen LogP contribution in [0.5, 0.6) is 28.7 Å². The first-order chi connectivity index (χ1) is 42.5. The molecule has 0 radical (unpaired) electrons. The Morgan fingerprint density at radius 3 is 1.64 bits per heavy atom. The smallest absolute Gasteiger partial charge is 0.323 e. The number of methoxy groups -OCH3 is 5. The number of halogens is 3. The van der Waals surface area contributed by atoms with Crippen LogP contribution in [0.1, 0.15) is 37.6 Å². The van der Waals surface area contributed by atoms with Gasteiger partial charge in [-0.15, -0.1) is 6.42 Å². The van der Waals surface area contributed by atoms with Crippen molar-refractivity contribution in [2.45, 2.75) is 24.2 Å². The van der Waals surface area contributed by atoms with E-state index in [-0.39, 0.29) is 48.5 Å². The van der Waals surface area contributed by atoms with E-state index >= 15 is 0 Å². The fourth-order valence-corrected chi connectivity index (χ4v) is 9.64. The number of ether oxygens (including phenoxy) is 5. The van der Waals surface area contributed by atoms with Crippen molar-refractivity contribution in [3.8, 4) is 41.1 Å². The molecule has 10 heterocycles. The van der Waals surface area contributed by atoms with Crippen LogP contribution in [0.3, 0.4) is 0 Å². The Morgan fingerprint density at radius 2 is 1.16 bits per heavy atom. The van der Waals surface area contributed by atoms with E-state index < -0.39 is 35.0 Å². The number of furan rings is 1. The molecule has 4 aliphatic heterocycles. The number of amides is 8. The van der Waals surface area contributed by atoms with Crippen molar-refractivity contribution in [1.82, 2.24) is 56.0 Å². The van der Waals surface area contributed by atoms with Crippen LogP contribution in [0.15, 0.2) is 125 Å². The SMILES string of the molecule is C#C[C@]1(CN2Cc3ccc(OC)cc3C2=O)NC(=O)NC1=O.COc1cc(N)ncc1I.COc1ccc2c(c1)C(=O)N(C[C@@]1(c3cc4cnc(N)cc4o3)NC(=O)NC1=O)C2.COc1ccnc(Cl)c1.COc1ccnc(N)c1.Nc1cc(=O)c(I)c[nH]1. The van der Waals surface area contributed by atoms with Gasteiger partial charge in [-0.2, -0.15) is 0 Å². The van der Waals surface area contributed by atoms with Gasteiger partial charge in [0.25, 0.3) is 23.6 Å². The molecule has 28 nitrogen and oxygen atoms in total. The molecule has 8 amide bonds. The van der Waals surface area contributed by atoms with Gasteiger partial charge in [-0.3, -0.25) is 34.6 Å². The van der Waals surface area contributed by atoms with Crippen molar-refractivity contribution in [2.24, 2.45) is 0 Å². The maximum Gasteiger partial charge on any atom is 0.323 e. The average molecular weight is 1460 g/mol. The van der Waals surface area contributed by atoms with Crippen molar-refractivity contribution in [3.63, 3.8) is 0 Å². The minimum atomic E-state index is -1.58. The van der Waals surface area contributed by atoms with E-state index in [0.717, 1.165) is 31.9 Å². The highest BCUT2D eigenvalue weighted by Gasteiger charge is 2.53. The second-order valence-electron chi connectivity index (χ2n) is 18.9. The summed E-state index contributed by atoms with van der Waals surface area (Å²) in [6.07, 6.45) is 13.4. The molecule has 0 unspecified atom stereocenters. The lowest BCUT2D eigenvalue weighted by molar-refractivity contribution is -0.125. The Hall–Kier alpha value is -10.1. The third kappa shape index (κ3) is 16.3. The summed E-state index contributed by atoms with van der Waals surface area (Å²) in [6.45, 7) is 0.419. The summed E-state index contributed by atoms with van der Waals surface area (Å²) in [5, 5.41) is 10.5. The number of terminal acetylenes is 1. The van der Waals surface area contributed by atoms with Gasteiger partial charge in [0.05, 0.1) is 55.8 Å². The van der Waals surface area contributed by atoms with E-state index in [1.807, 2.05) is 28.7 Å². The molecule has 0 spiro atoms. The number of nitrogens with two attached hydrogens (primary N) is 4. The normalized spacial score (nSPS) is 16.4. The van der Waals surface area contributed by atoms with Crippen molar-refractivity contribution in [2.75, 3.05) is 71.6 Å². The van der Waals surface area contributed by atoms with Crippen LogP contribution < -0.4 is 73.3 Å². The number of carbonyl (C=O) groups excluding carboxylic acids is 6. The van der Waals surface area contributed by atoms with Crippen molar-refractivity contribution in [3.05, 3.63) is 166 Å². The van der Waals surface area contributed by atoms with Gasteiger partial charge < -0.3 is 76.5 Å². The van der Waals surface area contributed by atoms with Crippen molar-refractivity contribution < 1.29 is 56.9 Å². The third-order valence-corrected chi connectivity index (χ3v) is 15.0. The number of hydrogen-bond acceptors (Lipinski definition) is 21. The molecule has 0 aliphatic carbocycles. The fraction of sp³-hybridized carbons (Fsp3) is 0.190. The third-order valence-electron chi connectivity index (χ3n) is 13.1. The van der Waals surface area contributed by atoms with E-state index in [4.69, 9.17) is 69.1 Å². The predicted octanol–water partition coefficient (Wildman–Crippen LogP) is 5.23. The molecular weight excluding hydrogens is 1400 g/mol. The molecule has 2 atom stereocenters. The summed E-state index contributed by atoms with van der Waals surface area (Å²) in [4.78, 5) is 105. The first-order valence-electron chi connectivity index (χ1n) is 25.8. The maximum absolute atomic E-state index is 13.0. The van der Waals surface area contributed by atoms with Crippen LogP contribution in [0.4, 0.5) is 32.9 Å². The highest BCUT2D eigenvalue weighted by Crippen LogP contribution is 2.36. The minimum absolute atomic E-state index is 0.0353. The van der Waals surface area contributed by atoms with Crippen LogP contribution in [0.2, 0.25) is 5.15 Å². The summed E-state index contributed by atoms with van der Waals surface area (Å²) in [7, 11) is 7.83. The molecule has 2 fully saturated rings. The Balaban J connectivity index is 0.000000166. The fourth-order valence-electron chi connectivity index (χ4n) is 8.65. The topological polar surface area (TPSA) is 405 Å². The Bertz CT molecular complexity index is 4050. The molecule has 31 heteroatoms. The Morgan fingerprint density at radius 1 is 0.618 bits per heavy atom. The molecule has 4 aliphatic rings. The number of urea groups is 2. The zero-order valence-corrected chi connectivity index (χ0v) is 52.9. The molecule has 2 aromatic carbocycles. The second-order valence-corrected chi connectivity index (χ2v) is 21.6. The van der Waals surface area contributed by atoms with Crippen LogP contribution in [0.25, 0.3) is 11.0 Å². The zero-order chi connectivity index (χ0) is 64.7. The van der Waals surface area contributed by atoms with E-state index in [2.05, 4.69) is 74.7 Å². The van der Waals surface area contributed by atoms with Crippen LogP contribution in [0, 0.1) is 19.5 Å². The monoisotopic (exact) mass is 1460 g/mol. The standard InChI is InChI=1S/C20H17N5O5.C15H13N3O4.C6H6ClNO.C6H7IN2O.C6H8N2O.C5H5IN2O/c1-29-12-3-2-10-8-25(17(26)13(10)5-12)9-20(18(27)23-19(28)24-20)15-4-11-7-22-16(21)6-14(11)30-15;1-3-15(13(20)16-14(21)17-15)8-18-7-9-4-5-10(22-2)6-11(9)12(18)19;1-9-5-2-3-8-6(7)4-5;1-10-5-2-6(8)9-3-4(5)7;1-9-5-2-3-8-6(7)4-5;6-3-2-8-5(7)1-4(3)9/h2-7H,8-9H2,1H3,(H2,21,22)(H2,23,24,27,28);1,4-6H,7-8H2,2H3,(H2,16,17,20,21);2-4H,1H3;2-3H,1H3,(H2,8,9);2-4H,1H3,(H2,7,8);1-2H,(H3,7,8,9)/t20-;15-;;;;/m01..../s1. The number of imide groups is 2. The minimum Gasteiger partial charge on any atom is -0.497 e. The highest BCUT2D eigenvalue weighted by molar-refractivity contribution is 14.1. The molecule has 89 heavy (non-hydrogen) atoms. The molecule has 13 N–H and O–H groups in total. The Labute approximate surface area is 539 Å². The Kier molecular flexibility index (Phi) is 22.0. The number of fused-ring (bicyclic) bond motifs is 3. The summed E-state index contributed by atoms with van der Waals surface area (Å²) in [6, 6.07) is 22.1. The molecule has 6 aromatic heterocycles.